The van der Waals surface area contributed by atoms with Crippen molar-refractivity contribution in [2.24, 2.45) is 5.73 Å². The van der Waals surface area contributed by atoms with E-state index in [0.717, 1.165) is 0 Å². The fourth-order valence-corrected chi connectivity index (χ4v) is 2.13. The highest BCUT2D eigenvalue weighted by Gasteiger charge is 2.05. The first kappa shape index (κ1) is 7.76. The summed E-state index contributed by atoms with van der Waals surface area (Å²) in [6.45, 7) is 6.26. The van der Waals surface area contributed by atoms with E-state index in [1.54, 1.807) is 0 Å². The second-order valence-corrected chi connectivity index (χ2v) is 4.12. The minimum atomic E-state index is 0.185. The lowest BCUT2D eigenvalue weighted by molar-refractivity contribution is 0.816. The number of hydrogen-bond donors (Lipinski definition) is 1. The van der Waals surface area contributed by atoms with Gasteiger partial charge in [-0.05, 0) is 32.4 Å². The Bertz CT molecular complexity index is 225. The van der Waals surface area contributed by atoms with Crippen molar-refractivity contribution in [1.29, 1.82) is 0 Å². The van der Waals surface area contributed by atoms with E-state index < -0.39 is 0 Å². The highest BCUT2D eigenvalue weighted by Crippen LogP contribution is 2.24. The van der Waals surface area contributed by atoms with E-state index in [-0.39, 0.29) is 6.04 Å². The molecule has 2 heteroatoms. The Balaban J connectivity index is 3.03. The molecular weight excluding hydrogens is 142 g/mol. The summed E-state index contributed by atoms with van der Waals surface area (Å²) in [5.74, 6) is 0. The van der Waals surface area contributed by atoms with E-state index in [1.807, 2.05) is 18.3 Å². The van der Waals surface area contributed by atoms with E-state index in [0.29, 0.717) is 0 Å². The highest BCUT2D eigenvalue weighted by atomic mass is 32.1. The van der Waals surface area contributed by atoms with Gasteiger partial charge in [0.25, 0.3) is 0 Å². The summed E-state index contributed by atoms with van der Waals surface area (Å²) in [7, 11) is 0. The van der Waals surface area contributed by atoms with Crippen molar-refractivity contribution < 1.29 is 0 Å². The van der Waals surface area contributed by atoms with Gasteiger partial charge in [-0.25, -0.2) is 0 Å². The fourth-order valence-electron chi connectivity index (χ4n) is 1.10. The lowest BCUT2D eigenvalue weighted by Gasteiger charge is -2.01. The summed E-state index contributed by atoms with van der Waals surface area (Å²) < 4.78 is 0. The van der Waals surface area contributed by atoms with Crippen LogP contribution >= 0.6 is 11.3 Å². The van der Waals surface area contributed by atoms with E-state index in [4.69, 9.17) is 5.73 Å². The molecule has 0 radical (unpaired) electrons. The minimum Gasteiger partial charge on any atom is -0.324 e. The Morgan fingerprint density at radius 2 is 2.10 bits per heavy atom. The molecule has 0 bridgehead atoms. The first-order valence-corrected chi connectivity index (χ1v) is 4.25. The average Bonchev–Trinajstić information content (AvgIpc) is 2.10. The molecule has 2 N–H and O–H groups in total. The van der Waals surface area contributed by atoms with Crippen LogP contribution in [0.1, 0.15) is 28.3 Å². The van der Waals surface area contributed by atoms with Gasteiger partial charge in [0.2, 0.25) is 0 Å². The molecule has 56 valence electrons. The van der Waals surface area contributed by atoms with E-state index in [1.165, 1.54) is 15.3 Å². The van der Waals surface area contributed by atoms with Crippen molar-refractivity contribution in [3.8, 4) is 0 Å². The summed E-state index contributed by atoms with van der Waals surface area (Å²) in [6, 6.07) is 2.36. The van der Waals surface area contributed by atoms with Gasteiger partial charge in [0.05, 0.1) is 0 Å². The molecule has 1 aromatic rings. The quantitative estimate of drug-likeness (QED) is 0.662. The summed E-state index contributed by atoms with van der Waals surface area (Å²) in [5.41, 5.74) is 7.03. The highest BCUT2D eigenvalue weighted by molar-refractivity contribution is 7.12. The van der Waals surface area contributed by atoms with Crippen LogP contribution in [0.15, 0.2) is 6.07 Å². The van der Waals surface area contributed by atoms with Crippen molar-refractivity contribution in [2.75, 3.05) is 0 Å². The Morgan fingerprint density at radius 3 is 2.30 bits per heavy atom. The second-order valence-electron chi connectivity index (χ2n) is 2.66. The maximum Gasteiger partial charge on any atom is 0.0277 e. The normalized spacial score (nSPS) is 13.6. The second kappa shape index (κ2) is 2.72. The molecule has 1 unspecified atom stereocenters. The number of rotatable bonds is 1. The number of thiophene rings is 1. The number of nitrogens with two attached hydrogens (primary N) is 1. The van der Waals surface area contributed by atoms with Crippen molar-refractivity contribution in [3.63, 3.8) is 0 Å². The lowest BCUT2D eigenvalue weighted by Crippen LogP contribution is -2.04. The fraction of sp³-hybridized carbons (Fsp3) is 0.500. The third kappa shape index (κ3) is 1.39. The largest absolute Gasteiger partial charge is 0.324 e. The zero-order chi connectivity index (χ0) is 7.72. The van der Waals surface area contributed by atoms with Crippen molar-refractivity contribution in [2.45, 2.75) is 26.8 Å². The van der Waals surface area contributed by atoms with Crippen LogP contribution < -0.4 is 5.73 Å². The summed E-state index contributed by atoms with van der Waals surface area (Å²) in [6.07, 6.45) is 0. The topological polar surface area (TPSA) is 26.0 Å². The van der Waals surface area contributed by atoms with Gasteiger partial charge >= 0.3 is 0 Å². The zero-order valence-electron chi connectivity index (χ0n) is 6.64. The Hall–Kier alpha value is -0.340. The van der Waals surface area contributed by atoms with Crippen molar-refractivity contribution >= 4 is 11.3 Å². The maximum absolute atomic E-state index is 5.73. The number of aryl methyl sites for hydroxylation is 2. The van der Waals surface area contributed by atoms with E-state index >= 15 is 0 Å². The molecule has 1 heterocycles. The molecular formula is C8H13NS. The molecule has 0 spiro atoms. The van der Waals surface area contributed by atoms with Gasteiger partial charge < -0.3 is 5.73 Å². The SMILES string of the molecule is Cc1cc(C(C)N)c(C)s1. The molecule has 0 aliphatic carbocycles. The Labute approximate surface area is 65.9 Å². The summed E-state index contributed by atoms with van der Waals surface area (Å²) >= 11 is 1.82. The van der Waals surface area contributed by atoms with Crippen molar-refractivity contribution in [3.05, 3.63) is 21.4 Å². The molecule has 0 amide bonds. The molecule has 10 heavy (non-hydrogen) atoms. The molecule has 0 fully saturated rings. The lowest BCUT2D eigenvalue weighted by atomic mass is 10.1. The van der Waals surface area contributed by atoms with Gasteiger partial charge in [-0.2, -0.15) is 0 Å². The summed E-state index contributed by atoms with van der Waals surface area (Å²) in [5, 5.41) is 0. The van der Waals surface area contributed by atoms with Crippen LogP contribution in [0.2, 0.25) is 0 Å². The van der Waals surface area contributed by atoms with Crippen LogP contribution in [-0.2, 0) is 0 Å². The Morgan fingerprint density at radius 1 is 1.50 bits per heavy atom. The van der Waals surface area contributed by atoms with Gasteiger partial charge in [0, 0.05) is 15.8 Å². The number of hydrogen-bond acceptors (Lipinski definition) is 2. The average molecular weight is 155 g/mol. The van der Waals surface area contributed by atoms with Crippen LogP contribution in [-0.4, -0.2) is 0 Å². The molecule has 0 aromatic carbocycles. The van der Waals surface area contributed by atoms with Gasteiger partial charge in [-0.3, -0.25) is 0 Å². The smallest absolute Gasteiger partial charge is 0.0277 e. The predicted octanol–water partition coefficient (Wildman–Crippen LogP) is 2.38. The van der Waals surface area contributed by atoms with Gasteiger partial charge in [-0.15, -0.1) is 11.3 Å². The van der Waals surface area contributed by atoms with E-state index in [2.05, 4.69) is 19.9 Å². The molecule has 1 atom stereocenters. The Kier molecular flexibility index (Phi) is 2.11. The summed E-state index contributed by atoms with van der Waals surface area (Å²) in [4.78, 5) is 2.71. The third-order valence-corrected chi connectivity index (χ3v) is 2.55. The van der Waals surface area contributed by atoms with Gasteiger partial charge in [0.15, 0.2) is 0 Å². The predicted molar refractivity (Wildman–Crippen MR) is 46.4 cm³/mol. The standard InChI is InChI=1S/C8H13NS/c1-5-4-8(6(2)9)7(3)10-5/h4,6H,9H2,1-3H3. The zero-order valence-corrected chi connectivity index (χ0v) is 7.46. The van der Waals surface area contributed by atoms with Crippen LogP contribution in [0.25, 0.3) is 0 Å². The molecule has 1 nitrogen and oxygen atoms in total. The van der Waals surface area contributed by atoms with E-state index in [9.17, 15) is 0 Å². The molecule has 1 rings (SSSR count). The molecule has 0 saturated heterocycles. The van der Waals surface area contributed by atoms with Crippen LogP contribution in [0.3, 0.4) is 0 Å². The molecule has 0 aliphatic rings. The molecule has 1 aromatic heterocycles. The molecule has 0 saturated carbocycles. The van der Waals surface area contributed by atoms with Crippen LogP contribution in [0, 0.1) is 13.8 Å². The first-order valence-electron chi connectivity index (χ1n) is 3.43. The van der Waals surface area contributed by atoms with Gasteiger partial charge in [0.1, 0.15) is 0 Å². The monoisotopic (exact) mass is 155 g/mol. The van der Waals surface area contributed by atoms with Crippen LogP contribution in [0.5, 0.6) is 0 Å². The molecule has 0 aliphatic heterocycles. The minimum absolute atomic E-state index is 0.185. The van der Waals surface area contributed by atoms with Gasteiger partial charge in [-0.1, -0.05) is 0 Å². The first-order chi connectivity index (χ1) is 4.61. The van der Waals surface area contributed by atoms with Crippen molar-refractivity contribution in [1.82, 2.24) is 0 Å². The third-order valence-electron chi connectivity index (χ3n) is 1.57. The van der Waals surface area contributed by atoms with Crippen LogP contribution in [0.4, 0.5) is 0 Å². The maximum atomic E-state index is 5.73.